The molecule has 7 heteroatoms. The van der Waals surface area contributed by atoms with E-state index in [9.17, 15) is 9.59 Å². The second kappa shape index (κ2) is 6.86. The molecule has 0 fully saturated rings. The molecule has 0 aliphatic heterocycles. The number of hydrogen-bond donors (Lipinski definition) is 1. The van der Waals surface area contributed by atoms with E-state index < -0.39 is 0 Å². The standard InChI is InChI=1S/C17H13Br2N3O2/c1-10-12-4-2-3-5-13(12)17(24)22(21-10)9-16(23)20-15-7-6-11(18)8-14(15)19/h2-8H,9H2,1H3,(H,20,23). The molecule has 0 saturated heterocycles. The zero-order valence-corrected chi connectivity index (χ0v) is 15.9. The summed E-state index contributed by atoms with van der Waals surface area (Å²) < 4.78 is 2.84. The second-order valence-electron chi connectivity index (χ2n) is 5.27. The molecular weight excluding hydrogens is 438 g/mol. The summed E-state index contributed by atoms with van der Waals surface area (Å²) in [6.45, 7) is 1.68. The molecule has 0 bridgehead atoms. The smallest absolute Gasteiger partial charge is 0.275 e. The molecule has 0 radical (unpaired) electrons. The molecule has 0 spiro atoms. The van der Waals surface area contributed by atoms with Gasteiger partial charge in [-0.1, -0.05) is 34.1 Å². The topological polar surface area (TPSA) is 64.0 Å². The van der Waals surface area contributed by atoms with E-state index in [0.29, 0.717) is 16.8 Å². The van der Waals surface area contributed by atoms with Crippen molar-refractivity contribution in [3.8, 4) is 0 Å². The summed E-state index contributed by atoms with van der Waals surface area (Å²) in [5.74, 6) is -0.317. The number of nitrogens with zero attached hydrogens (tertiary/aromatic N) is 2. The third kappa shape index (κ3) is 3.42. The van der Waals surface area contributed by atoms with Gasteiger partial charge in [-0.3, -0.25) is 9.59 Å². The number of rotatable bonds is 3. The Morgan fingerprint density at radius 1 is 1.17 bits per heavy atom. The van der Waals surface area contributed by atoms with Crippen molar-refractivity contribution in [1.29, 1.82) is 0 Å². The number of fused-ring (bicyclic) bond motifs is 1. The SMILES string of the molecule is Cc1nn(CC(=O)Nc2ccc(Br)cc2Br)c(=O)c2ccccc12. The van der Waals surface area contributed by atoms with E-state index in [1.165, 1.54) is 4.68 Å². The van der Waals surface area contributed by atoms with Crippen LogP contribution in [0.1, 0.15) is 5.69 Å². The summed E-state index contributed by atoms with van der Waals surface area (Å²) in [5, 5.41) is 8.38. The summed E-state index contributed by atoms with van der Waals surface area (Å²) in [6, 6.07) is 12.7. The highest BCUT2D eigenvalue weighted by molar-refractivity contribution is 9.11. The number of aromatic nitrogens is 2. The lowest BCUT2D eigenvalue weighted by Crippen LogP contribution is -2.30. The Bertz CT molecular complexity index is 999. The van der Waals surface area contributed by atoms with Gasteiger partial charge in [0, 0.05) is 14.3 Å². The van der Waals surface area contributed by atoms with Crippen molar-refractivity contribution in [3.63, 3.8) is 0 Å². The first-order chi connectivity index (χ1) is 11.5. The van der Waals surface area contributed by atoms with Crippen LogP contribution >= 0.6 is 31.9 Å². The summed E-state index contributed by atoms with van der Waals surface area (Å²) in [4.78, 5) is 24.8. The molecule has 5 nitrogen and oxygen atoms in total. The number of amides is 1. The first kappa shape index (κ1) is 16.9. The first-order valence-corrected chi connectivity index (χ1v) is 8.75. The minimum absolute atomic E-state index is 0.146. The van der Waals surface area contributed by atoms with E-state index in [2.05, 4.69) is 42.3 Å². The number of hydrogen-bond acceptors (Lipinski definition) is 3. The molecule has 0 aliphatic rings. The fourth-order valence-corrected chi connectivity index (χ4v) is 3.57. The Morgan fingerprint density at radius 3 is 2.58 bits per heavy atom. The van der Waals surface area contributed by atoms with Crippen molar-refractivity contribution in [2.75, 3.05) is 5.32 Å². The van der Waals surface area contributed by atoms with E-state index in [-0.39, 0.29) is 18.0 Å². The largest absolute Gasteiger partial charge is 0.323 e. The fraction of sp³-hybridized carbons (Fsp3) is 0.118. The fourth-order valence-electron chi connectivity index (χ4n) is 2.43. The minimum atomic E-state index is -0.317. The van der Waals surface area contributed by atoms with Crippen LogP contribution in [-0.2, 0) is 11.3 Å². The maximum Gasteiger partial charge on any atom is 0.275 e. The van der Waals surface area contributed by atoms with Gasteiger partial charge in [0.1, 0.15) is 6.54 Å². The average Bonchev–Trinajstić information content (AvgIpc) is 2.55. The van der Waals surface area contributed by atoms with E-state index >= 15 is 0 Å². The Labute approximate surface area is 154 Å². The molecule has 1 N–H and O–H groups in total. The molecule has 0 saturated carbocycles. The third-order valence-corrected chi connectivity index (χ3v) is 4.70. The van der Waals surface area contributed by atoms with E-state index in [1.807, 2.05) is 31.2 Å². The lowest BCUT2D eigenvalue weighted by atomic mass is 10.1. The monoisotopic (exact) mass is 449 g/mol. The van der Waals surface area contributed by atoms with Crippen LogP contribution in [0.4, 0.5) is 5.69 Å². The molecule has 1 aromatic heterocycles. The number of halogens is 2. The highest BCUT2D eigenvalue weighted by Crippen LogP contribution is 2.26. The van der Waals surface area contributed by atoms with Gasteiger partial charge in [-0.15, -0.1) is 0 Å². The highest BCUT2D eigenvalue weighted by Gasteiger charge is 2.12. The number of nitrogens with one attached hydrogen (secondary N) is 1. The van der Waals surface area contributed by atoms with Crippen molar-refractivity contribution < 1.29 is 4.79 Å². The molecule has 1 amide bonds. The van der Waals surface area contributed by atoms with Crippen LogP contribution in [0.3, 0.4) is 0 Å². The van der Waals surface area contributed by atoms with Gasteiger partial charge in [0.05, 0.1) is 16.8 Å². The first-order valence-electron chi connectivity index (χ1n) is 7.17. The molecular formula is C17H13Br2N3O2. The van der Waals surface area contributed by atoms with E-state index in [1.54, 1.807) is 18.2 Å². The summed E-state index contributed by atoms with van der Waals surface area (Å²) in [7, 11) is 0. The zero-order chi connectivity index (χ0) is 17.3. The Hall–Kier alpha value is -1.99. The maximum atomic E-state index is 12.5. The quantitative estimate of drug-likeness (QED) is 0.658. The third-order valence-electron chi connectivity index (χ3n) is 3.55. The van der Waals surface area contributed by atoms with Gasteiger partial charge in [-0.25, -0.2) is 4.68 Å². The summed E-state index contributed by atoms with van der Waals surface area (Å²) in [5.41, 5.74) is 1.07. The lowest BCUT2D eigenvalue weighted by Gasteiger charge is -2.10. The van der Waals surface area contributed by atoms with Crippen LogP contribution in [0.15, 0.2) is 56.2 Å². The van der Waals surface area contributed by atoms with E-state index in [4.69, 9.17) is 0 Å². The summed E-state index contributed by atoms with van der Waals surface area (Å²) >= 11 is 6.75. The predicted octanol–water partition coefficient (Wildman–Crippen LogP) is 3.87. The Morgan fingerprint density at radius 2 is 1.88 bits per heavy atom. The molecule has 122 valence electrons. The molecule has 0 atom stereocenters. The maximum absolute atomic E-state index is 12.5. The minimum Gasteiger partial charge on any atom is -0.323 e. The average molecular weight is 451 g/mol. The number of carbonyl (C=O) groups excluding carboxylic acids is 1. The predicted molar refractivity (Wildman–Crippen MR) is 101 cm³/mol. The number of aryl methyl sites for hydroxylation is 1. The van der Waals surface area contributed by atoms with Crippen molar-refractivity contribution in [2.45, 2.75) is 13.5 Å². The number of anilines is 1. The van der Waals surface area contributed by atoms with Crippen molar-refractivity contribution in [3.05, 3.63) is 67.5 Å². The molecule has 3 aromatic rings. The van der Waals surface area contributed by atoms with Crippen molar-refractivity contribution in [1.82, 2.24) is 9.78 Å². The Balaban J connectivity index is 1.88. The molecule has 2 aromatic carbocycles. The lowest BCUT2D eigenvalue weighted by molar-refractivity contribution is -0.117. The van der Waals surface area contributed by atoms with Gasteiger partial charge in [0.2, 0.25) is 5.91 Å². The van der Waals surface area contributed by atoms with Gasteiger partial charge in [0.15, 0.2) is 0 Å². The van der Waals surface area contributed by atoms with Crippen LogP contribution in [0.5, 0.6) is 0 Å². The van der Waals surface area contributed by atoms with Crippen molar-refractivity contribution in [2.24, 2.45) is 0 Å². The van der Waals surface area contributed by atoms with Crippen LogP contribution in [-0.4, -0.2) is 15.7 Å². The van der Waals surface area contributed by atoms with Gasteiger partial charge in [-0.05, 0) is 47.1 Å². The highest BCUT2D eigenvalue weighted by atomic mass is 79.9. The number of carbonyl (C=O) groups is 1. The van der Waals surface area contributed by atoms with Gasteiger partial charge < -0.3 is 5.32 Å². The molecule has 24 heavy (non-hydrogen) atoms. The van der Waals surface area contributed by atoms with Crippen LogP contribution in [0, 0.1) is 6.92 Å². The molecule has 3 rings (SSSR count). The van der Waals surface area contributed by atoms with Gasteiger partial charge in [-0.2, -0.15) is 5.10 Å². The zero-order valence-electron chi connectivity index (χ0n) is 12.7. The van der Waals surface area contributed by atoms with Crippen LogP contribution in [0.25, 0.3) is 10.8 Å². The summed E-state index contributed by atoms with van der Waals surface area (Å²) in [6.07, 6.45) is 0. The van der Waals surface area contributed by atoms with Crippen LogP contribution < -0.4 is 10.9 Å². The molecule has 1 heterocycles. The molecule has 0 unspecified atom stereocenters. The van der Waals surface area contributed by atoms with E-state index in [0.717, 1.165) is 14.3 Å². The normalized spacial score (nSPS) is 10.8. The van der Waals surface area contributed by atoms with Gasteiger partial charge in [0.25, 0.3) is 5.56 Å². The van der Waals surface area contributed by atoms with Crippen molar-refractivity contribution >= 4 is 54.2 Å². The van der Waals surface area contributed by atoms with Crippen LogP contribution in [0.2, 0.25) is 0 Å². The van der Waals surface area contributed by atoms with Gasteiger partial charge >= 0.3 is 0 Å². The number of benzene rings is 2. The Kier molecular flexibility index (Phi) is 4.82. The molecule has 0 aliphatic carbocycles. The second-order valence-corrected chi connectivity index (χ2v) is 7.04.